The highest BCUT2D eigenvalue weighted by Crippen LogP contribution is 2.25. The summed E-state index contributed by atoms with van der Waals surface area (Å²) in [6.45, 7) is 13.9. The molecule has 0 spiro atoms. The van der Waals surface area contributed by atoms with Gasteiger partial charge in [-0.05, 0) is 63.5 Å². The van der Waals surface area contributed by atoms with Gasteiger partial charge in [-0.1, -0.05) is 129 Å². The van der Waals surface area contributed by atoms with Crippen LogP contribution in [0.25, 0.3) is 0 Å². The van der Waals surface area contributed by atoms with Crippen LogP contribution in [0.4, 0.5) is 0 Å². The van der Waals surface area contributed by atoms with E-state index in [9.17, 15) is 14.4 Å². The Morgan fingerprint density at radius 2 is 1.24 bits per heavy atom. The van der Waals surface area contributed by atoms with Crippen molar-refractivity contribution in [1.82, 2.24) is 10.6 Å². The van der Waals surface area contributed by atoms with Gasteiger partial charge in [0.25, 0.3) is 0 Å². The second-order valence-corrected chi connectivity index (χ2v) is 18.4. The number of ether oxygens (including phenoxy) is 1. The van der Waals surface area contributed by atoms with Crippen LogP contribution in [0.5, 0.6) is 0 Å². The SMILES string of the molecule is CC(C)C[C@H](C[Si](CNC(=O)CCc1ccccc1)(c1ccccc1)c1ccccc1)C(=O)N[C@@H](CC(C)C)C(=O)OC(C)(C)C. The lowest BCUT2D eigenvalue weighted by Gasteiger charge is -2.37. The maximum absolute atomic E-state index is 14.3. The van der Waals surface area contributed by atoms with E-state index >= 15 is 0 Å². The number of aryl methyl sites for hydroxylation is 1. The third-order valence-electron chi connectivity index (χ3n) is 8.16. The first-order chi connectivity index (χ1) is 21.8. The summed E-state index contributed by atoms with van der Waals surface area (Å²) in [4.78, 5) is 40.9. The molecule has 0 bridgehead atoms. The van der Waals surface area contributed by atoms with Crippen molar-refractivity contribution in [2.75, 3.05) is 6.17 Å². The van der Waals surface area contributed by atoms with Crippen LogP contribution in [0.1, 0.15) is 73.3 Å². The zero-order valence-electron chi connectivity index (χ0n) is 28.8. The molecule has 248 valence electrons. The van der Waals surface area contributed by atoms with Gasteiger partial charge in [0, 0.05) is 18.5 Å². The highest BCUT2D eigenvalue weighted by molar-refractivity contribution is 7.02. The van der Waals surface area contributed by atoms with E-state index in [1.165, 1.54) is 0 Å². The van der Waals surface area contributed by atoms with E-state index in [0.29, 0.717) is 37.9 Å². The first kappa shape index (κ1) is 36.8. The van der Waals surface area contributed by atoms with E-state index in [2.05, 4.69) is 48.7 Å². The first-order valence-corrected chi connectivity index (χ1v) is 19.2. The van der Waals surface area contributed by atoms with Gasteiger partial charge in [0.05, 0.1) is 0 Å². The van der Waals surface area contributed by atoms with Crippen molar-refractivity contribution in [2.45, 2.75) is 91.8 Å². The maximum Gasteiger partial charge on any atom is 0.329 e. The Kier molecular flexibility index (Phi) is 13.8. The summed E-state index contributed by atoms with van der Waals surface area (Å²) in [5.41, 5.74) is 0.470. The van der Waals surface area contributed by atoms with Crippen LogP contribution >= 0.6 is 0 Å². The molecule has 0 fully saturated rings. The third kappa shape index (κ3) is 11.6. The molecule has 2 N–H and O–H groups in total. The molecule has 0 heterocycles. The van der Waals surface area contributed by atoms with Gasteiger partial charge in [-0.2, -0.15) is 0 Å². The Balaban J connectivity index is 1.99. The average molecular weight is 643 g/mol. The molecule has 0 unspecified atom stereocenters. The van der Waals surface area contributed by atoms with E-state index in [1.54, 1.807) is 0 Å². The number of carbonyl (C=O) groups is 3. The predicted molar refractivity (Wildman–Crippen MR) is 191 cm³/mol. The van der Waals surface area contributed by atoms with Crippen LogP contribution in [0.2, 0.25) is 6.04 Å². The number of esters is 1. The van der Waals surface area contributed by atoms with Crippen molar-refractivity contribution >= 4 is 36.2 Å². The Morgan fingerprint density at radius 1 is 0.739 bits per heavy atom. The molecule has 6 nitrogen and oxygen atoms in total. The number of rotatable bonds is 16. The number of amides is 2. The smallest absolute Gasteiger partial charge is 0.329 e. The number of carbonyl (C=O) groups excluding carboxylic acids is 3. The highest BCUT2D eigenvalue weighted by Gasteiger charge is 2.42. The van der Waals surface area contributed by atoms with Gasteiger partial charge in [0.2, 0.25) is 11.8 Å². The van der Waals surface area contributed by atoms with E-state index < -0.39 is 25.7 Å². The Bertz CT molecular complexity index is 1330. The summed E-state index contributed by atoms with van der Waals surface area (Å²) >= 11 is 0. The molecule has 46 heavy (non-hydrogen) atoms. The summed E-state index contributed by atoms with van der Waals surface area (Å²) < 4.78 is 5.73. The minimum absolute atomic E-state index is 0.000579. The topological polar surface area (TPSA) is 84.5 Å². The lowest BCUT2D eigenvalue weighted by molar-refractivity contribution is -0.159. The van der Waals surface area contributed by atoms with Crippen molar-refractivity contribution in [2.24, 2.45) is 17.8 Å². The molecule has 3 aromatic rings. The number of benzene rings is 3. The second-order valence-electron chi connectivity index (χ2n) is 14.3. The fourth-order valence-corrected chi connectivity index (χ4v) is 10.8. The molecule has 0 saturated heterocycles. The summed E-state index contributed by atoms with van der Waals surface area (Å²) in [5, 5.41) is 8.77. The summed E-state index contributed by atoms with van der Waals surface area (Å²) in [5.74, 6) is -0.471. The van der Waals surface area contributed by atoms with Crippen molar-refractivity contribution in [1.29, 1.82) is 0 Å². The number of hydrogen-bond acceptors (Lipinski definition) is 4. The number of nitrogens with one attached hydrogen (secondary N) is 2. The summed E-state index contributed by atoms with van der Waals surface area (Å²) in [7, 11) is -2.77. The zero-order chi connectivity index (χ0) is 33.7. The maximum atomic E-state index is 14.3. The first-order valence-electron chi connectivity index (χ1n) is 16.7. The molecule has 3 aromatic carbocycles. The summed E-state index contributed by atoms with van der Waals surface area (Å²) in [6.07, 6.45) is 2.67. The van der Waals surface area contributed by atoms with Crippen molar-refractivity contribution in [3.05, 3.63) is 96.6 Å². The van der Waals surface area contributed by atoms with E-state index in [-0.39, 0.29) is 29.6 Å². The lowest BCUT2D eigenvalue weighted by Crippen LogP contribution is -2.66. The van der Waals surface area contributed by atoms with Crippen LogP contribution in [-0.4, -0.2) is 43.7 Å². The fourth-order valence-electron chi connectivity index (χ4n) is 6.05. The van der Waals surface area contributed by atoms with Crippen LogP contribution in [0.3, 0.4) is 0 Å². The van der Waals surface area contributed by atoms with Gasteiger partial charge < -0.3 is 15.4 Å². The molecular weight excluding hydrogens is 589 g/mol. The van der Waals surface area contributed by atoms with E-state index in [4.69, 9.17) is 4.74 Å². The van der Waals surface area contributed by atoms with Gasteiger partial charge in [0.1, 0.15) is 19.7 Å². The van der Waals surface area contributed by atoms with Gasteiger partial charge in [0.15, 0.2) is 0 Å². The van der Waals surface area contributed by atoms with E-state index in [1.807, 2.05) is 101 Å². The average Bonchev–Trinajstić information content (AvgIpc) is 3.01. The molecule has 0 radical (unpaired) electrons. The fraction of sp³-hybridized carbons (Fsp3) is 0.462. The molecule has 0 aliphatic carbocycles. The lowest BCUT2D eigenvalue weighted by atomic mass is 9.96. The minimum Gasteiger partial charge on any atom is -0.458 e. The summed E-state index contributed by atoms with van der Waals surface area (Å²) in [6, 6.07) is 30.6. The second kappa shape index (κ2) is 17.3. The predicted octanol–water partition coefficient (Wildman–Crippen LogP) is 6.07. The molecule has 0 aromatic heterocycles. The minimum atomic E-state index is -2.77. The quantitative estimate of drug-likeness (QED) is 0.147. The largest absolute Gasteiger partial charge is 0.458 e. The molecule has 2 amide bonds. The van der Waals surface area contributed by atoms with Crippen molar-refractivity contribution in [3.63, 3.8) is 0 Å². The monoisotopic (exact) mass is 642 g/mol. The number of hydrogen-bond donors (Lipinski definition) is 2. The van der Waals surface area contributed by atoms with Crippen molar-refractivity contribution < 1.29 is 19.1 Å². The Labute approximate surface area is 277 Å². The van der Waals surface area contributed by atoms with Gasteiger partial charge in [-0.25, -0.2) is 4.79 Å². The molecular formula is C39H54N2O4Si. The molecule has 0 aliphatic heterocycles. The standard InChI is InChI=1S/C39H54N2O4Si/c1-29(2)25-32(37(43)41-35(26-30(3)4)38(44)45-39(5,6)7)27-46(33-19-13-9-14-20-33,34-21-15-10-16-22-34)28-40-36(42)24-23-31-17-11-8-12-18-31/h8-22,29-30,32,35H,23-28H2,1-7H3,(H,40,42)(H,41,43)/t32-,35+/m1/s1. The molecule has 3 rings (SSSR count). The molecule has 2 atom stereocenters. The van der Waals surface area contributed by atoms with Crippen LogP contribution in [0.15, 0.2) is 91.0 Å². The third-order valence-corrected chi connectivity index (χ3v) is 13.0. The van der Waals surface area contributed by atoms with Crippen LogP contribution < -0.4 is 21.0 Å². The zero-order valence-corrected chi connectivity index (χ0v) is 29.8. The highest BCUT2D eigenvalue weighted by atomic mass is 28.3. The van der Waals surface area contributed by atoms with Crippen LogP contribution in [0, 0.1) is 17.8 Å². The van der Waals surface area contributed by atoms with Gasteiger partial charge in [-0.15, -0.1) is 0 Å². The van der Waals surface area contributed by atoms with Crippen LogP contribution in [-0.2, 0) is 25.5 Å². The molecule has 0 saturated carbocycles. The normalized spacial score (nSPS) is 13.2. The van der Waals surface area contributed by atoms with Crippen molar-refractivity contribution in [3.8, 4) is 0 Å². The molecule has 0 aliphatic rings. The Hall–Kier alpha value is -3.71. The Morgan fingerprint density at radius 3 is 1.72 bits per heavy atom. The van der Waals surface area contributed by atoms with Gasteiger partial charge in [-0.3, -0.25) is 9.59 Å². The van der Waals surface area contributed by atoms with Gasteiger partial charge >= 0.3 is 5.97 Å². The van der Waals surface area contributed by atoms with E-state index in [0.717, 1.165) is 15.9 Å². The molecule has 7 heteroatoms.